The van der Waals surface area contributed by atoms with E-state index in [9.17, 15) is 9.59 Å². The summed E-state index contributed by atoms with van der Waals surface area (Å²) in [6, 6.07) is 2.95. The Balaban J connectivity index is 2.60. The lowest BCUT2D eigenvalue weighted by atomic mass is 10.3. The molecule has 1 heterocycles. The number of carboxylic acids is 1. The number of anilines is 1. The molecule has 1 aromatic heterocycles. The van der Waals surface area contributed by atoms with Crippen LogP contribution in [-0.2, 0) is 9.59 Å². The highest BCUT2D eigenvalue weighted by molar-refractivity contribution is 6.29. The second kappa shape index (κ2) is 4.57. The molecule has 6 heteroatoms. The number of amides is 1. The van der Waals surface area contributed by atoms with Crippen LogP contribution in [-0.4, -0.2) is 22.0 Å². The van der Waals surface area contributed by atoms with E-state index in [-0.39, 0.29) is 5.15 Å². The minimum absolute atomic E-state index is 0.234. The molecule has 1 amide bonds. The van der Waals surface area contributed by atoms with Gasteiger partial charge in [-0.3, -0.25) is 9.59 Å². The molecular weight excluding hydrogens is 208 g/mol. The third-order valence-corrected chi connectivity index (χ3v) is 1.53. The first-order chi connectivity index (χ1) is 6.58. The summed E-state index contributed by atoms with van der Waals surface area (Å²) in [4.78, 5) is 24.9. The predicted molar refractivity (Wildman–Crippen MR) is 50.1 cm³/mol. The van der Waals surface area contributed by atoms with Crippen molar-refractivity contribution in [1.82, 2.24) is 4.98 Å². The van der Waals surface area contributed by atoms with Gasteiger partial charge in [-0.15, -0.1) is 0 Å². The Labute approximate surface area is 84.7 Å². The van der Waals surface area contributed by atoms with Crippen LogP contribution in [0.15, 0.2) is 18.3 Å². The largest absolute Gasteiger partial charge is 0.481 e. The Morgan fingerprint density at radius 2 is 2.29 bits per heavy atom. The third-order valence-electron chi connectivity index (χ3n) is 1.32. The van der Waals surface area contributed by atoms with E-state index in [1.165, 1.54) is 18.3 Å². The predicted octanol–water partition coefficient (Wildman–Crippen LogP) is 1.15. The Morgan fingerprint density at radius 3 is 2.86 bits per heavy atom. The van der Waals surface area contributed by atoms with Crippen molar-refractivity contribution in [2.45, 2.75) is 6.42 Å². The summed E-state index contributed by atoms with van der Waals surface area (Å²) in [5, 5.41) is 10.9. The van der Waals surface area contributed by atoms with Crippen LogP contribution >= 0.6 is 11.6 Å². The number of nitrogens with zero attached hydrogens (tertiary/aromatic N) is 1. The molecule has 1 rings (SSSR count). The van der Waals surface area contributed by atoms with Crippen LogP contribution in [0, 0.1) is 0 Å². The fraction of sp³-hybridized carbons (Fsp3) is 0.125. The molecular formula is C8H7ClN2O3. The average Bonchev–Trinajstić information content (AvgIpc) is 2.01. The highest BCUT2D eigenvalue weighted by Crippen LogP contribution is 2.11. The molecule has 0 aromatic carbocycles. The summed E-state index contributed by atoms with van der Waals surface area (Å²) in [7, 11) is 0. The highest BCUT2D eigenvalue weighted by Gasteiger charge is 2.07. The molecule has 0 aliphatic carbocycles. The van der Waals surface area contributed by atoms with Gasteiger partial charge in [0.25, 0.3) is 0 Å². The summed E-state index contributed by atoms with van der Waals surface area (Å²) in [5.41, 5.74) is 0.427. The van der Waals surface area contributed by atoms with Gasteiger partial charge in [-0.25, -0.2) is 4.98 Å². The van der Waals surface area contributed by atoms with E-state index >= 15 is 0 Å². The first kappa shape index (κ1) is 10.5. The van der Waals surface area contributed by atoms with E-state index in [0.29, 0.717) is 5.69 Å². The van der Waals surface area contributed by atoms with Crippen LogP contribution in [0.3, 0.4) is 0 Å². The van der Waals surface area contributed by atoms with Crippen LogP contribution in [0.5, 0.6) is 0 Å². The molecule has 0 aliphatic rings. The number of hydrogen-bond acceptors (Lipinski definition) is 3. The smallest absolute Gasteiger partial charge is 0.312 e. The van der Waals surface area contributed by atoms with Gasteiger partial charge in [0, 0.05) is 11.9 Å². The highest BCUT2D eigenvalue weighted by atomic mass is 35.5. The van der Waals surface area contributed by atoms with E-state index in [4.69, 9.17) is 16.7 Å². The Bertz CT molecular complexity index is 367. The van der Waals surface area contributed by atoms with Crippen LogP contribution in [0.2, 0.25) is 5.15 Å². The average molecular weight is 215 g/mol. The SMILES string of the molecule is O=C(O)CC(=O)Nc1ccnc(Cl)c1. The van der Waals surface area contributed by atoms with E-state index in [1.807, 2.05) is 0 Å². The molecule has 0 spiro atoms. The fourth-order valence-corrected chi connectivity index (χ4v) is 0.997. The van der Waals surface area contributed by atoms with Crippen LogP contribution in [0.25, 0.3) is 0 Å². The second-order valence-corrected chi connectivity index (χ2v) is 2.87. The Kier molecular flexibility index (Phi) is 3.41. The molecule has 74 valence electrons. The number of nitrogens with one attached hydrogen (secondary N) is 1. The van der Waals surface area contributed by atoms with Crippen molar-refractivity contribution in [3.8, 4) is 0 Å². The number of aromatic nitrogens is 1. The maximum absolute atomic E-state index is 11.0. The summed E-state index contributed by atoms with van der Waals surface area (Å²) in [6.07, 6.45) is 0.846. The van der Waals surface area contributed by atoms with E-state index in [1.54, 1.807) is 0 Å². The zero-order chi connectivity index (χ0) is 10.6. The number of pyridine rings is 1. The molecule has 0 saturated heterocycles. The molecule has 0 saturated carbocycles. The molecule has 0 bridgehead atoms. The molecule has 1 aromatic rings. The fourth-order valence-electron chi connectivity index (χ4n) is 0.823. The number of carboxylic acid groups (broad SMARTS) is 1. The molecule has 2 N–H and O–H groups in total. The number of aliphatic carboxylic acids is 1. The van der Waals surface area contributed by atoms with Crippen molar-refractivity contribution in [2.75, 3.05) is 5.32 Å². The summed E-state index contributed by atoms with van der Waals surface area (Å²) >= 11 is 5.56. The minimum atomic E-state index is -1.18. The summed E-state index contributed by atoms with van der Waals surface area (Å²) in [6.45, 7) is 0. The van der Waals surface area contributed by atoms with E-state index < -0.39 is 18.3 Å². The normalized spacial score (nSPS) is 9.50. The molecule has 5 nitrogen and oxygen atoms in total. The minimum Gasteiger partial charge on any atom is -0.481 e. The van der Waals surface area contributed by atoms with Gasteiger partial charge in [0.15, 0.2) is 0 Å². The lowest BCUT2D eigenvalue weighted by molar-refractivity contribution is -0.139. The van der Waals surface area contributed by atoms with Crippen LogP contribution in [0.1, 0.15) is 6.42 Å². The number of hydrogen-bond donors (Lipinski definition) is 2. The molecule has 0 radical (unpaired) electrons. The summed E-state index contributed by atoms with van der Waals surface area (Å²) < 4.78 is 0. The van der Waals surface area contributed by atoms with Gasteiger partial charge in [0.1, 0.15) is 11.6 Å². The number of halogens is 1. The number of carbonyl (C=O) groups is 2. The number of rotatable bonds is 3. The van der Waals surface area contributed by atoms with Gasteiger partial charge >= 0.3 is 5.97 Å². The van der Waals surface area contributed by atoms with E-state index in [2.05, 4.69) is 10.3 Å². The topological polar surface area (TPSA) is 79.3 Å². The number of carbonyl (C=O) groups excluding carboxylic acids is 1. The quantitative estimate of drug-likeness (QED) is 0.584. The Hall–Kier alpha value is -1.62. The maximum atomic E-state index is 11.0. The first-order valence-electron chi connectivity index (χ1n) is 3.71. The zero-order valence-corrected chi connectivity index (χ0v) is 7.78. The second-order valence-electron chi connectivity index (χ2n) is 2.49. The van der Waals surface area contributed by atoms with Crippen LogP contribution < -0.4 is 5.32 Å². The van der Waals surface area contributed by atoms with Crippen molar-refractivity contribution >= 4 is 29.2 Å². The summed E-state index contributed by atoms with van der Waals surface area (Å²) in [5.74, 6) is -1.78. The monoisotopic (exact) mass is 214 g/mol. The lowest BCUT2D eigenvalue weighted by Gasteiger charge is -2.02. The molecule has 0 atom stereocenters. The lowest BCUT2D eigenvalue weighted by Crippen LogP contribution is -2.15. The first-order valence-corrected chi connectivity index (χ1v) is 4.09. The molecule has 0 fully saturated rings. The van der Waals surface area contributed by atoms with Crippen molar-refractivity contribution in [1.29, 1.82) is 0 Å². The van der Waals surface area contributed by atoms with Gasteiger partial charge in [0.05, 0.1) is 0 Å². The molecule has 14 heavy (non-hydrogen) atoms. The molecule has 0 unspecified atom stereocenters. The zero-order valence-electron chi connectivity index (χ0n) is 7.03. The third kappa shape index (κ3) is 3.40. The Morgan fingerprint density at radius 1 is 1.57 bits per heavy atom. The van der Waals surface area contributed by atoms with Gasteiger partial charge < -0.3 is 10.4 Å². The maximum Gasteiger partial charge on any atom is 0.312 e. The van der Waals surface area contributed by atoms with E-state index in [0.717, 1.165) is 0 Å². The van der Waals surface area contributed by atoms with Gasteiger partial charge in [0.2, 0.25) is 5.91 Å². The van der Waals surface area contributed by atoms with Crippen LogP contribution in [0.4, 0.5) is 5.69 Å². The van der Waals surface area contributed by atoms with Gasteiger partial charge in [-0.1, -0.05) is 11.6 Å². The molecule has 0 aliphatic heterocycles. The standard InChI is InChI=1S/C8H7ClN2O3/c9-6-3-5(1-2-10-6)11-7(12)4-8(13)14/h1-3H,4H2,(H,13,14)(H,10,11,12). The van der Waals surface area contributed by atoms with Crippen molar-refractivity contribution in [3.05, 3.63) is 23.5 Å². The van der Waals surface area contributed by atoms with Crippen molar-refractivity contribution < 1.29 is 14.7 Å². The van der Waals surface area contributed by atoms with Crippen molar-refractivity contribution in [2.24, 2.45) is 0 Å². The van der Waals surface area contributed by atoms with Gasteiger partial charge in [-0.2, -0.15) is 0 Å². The van der Waals surface area contributed by atoms with Crippen molar-refractivity contribution in [3.63, 3.8) is 0 Å². The van der Waals surface area contributed by atoms with Gasteiger partial charge in [-0.05, 0) is 12.1 Å².